The smallest absolute Gasteiger partial charge is 0.267 e. The lowest BCUT2D eigenvalue weighted by Gasteiger charge is -2.42. The summed E-state index contributed by atoms with van der Waals surface area (Å²) in [6.45, 7) is -2.26. The average molecular weight is 1100 g/mol. The molecule has 0 aliphatic rings. The van der Waals surface area contributed by atoms with Gasteiger partial charge in [-0.25, -0.2) is 0 Å². The standard InChI is InChI=1S/C23H14F34O6S2/c1-7(63-65(60,61)5-3-9(26,27)11(30,31)13(34,35)15(38,39)17(42,43)19(46,47)21(50,51)23(55,56)57)6-62-64(58,59)4-2-8(24,25)10(28,29)12(32,33)14(36,37)16(40,41)18(44,45)20(48,49)22(52,53)54/h7H,2-6H2,1H3. The van der Waals surface area contributed by atoms with Crippen molar-refractivity contribution in [2.45, 2.75) is 121 Å². The second-order valence-corrected chi connectivity index (χ2v) is 16.0. The fraction of sp³-hybridized carbons (Fsp3) is 1.00. The third-order valence-corrected chi connectivity index (χ3v) is 10.2. The maximum atomic E-state index is 14.0. The zero-order valence-electron chi connectivity index (χ0n) is 29.2. The summed E-state index contributed by atoms with van der Waals surface area (Å²) in [6.07, 6.45) is -26.5. The first-order chi connectivity index (χ1) is 27.5. The molecule has 0 aromatic rings. The van der Waals surface area contributed by atoms with Gasteiger partial charge in [-0.15, -0.1) is 0 Å². The summed E-state index contributed by atoms with van der Waals surface area (Å²) >= 11 is 0. The molecule has 42 heteroatoms. The van der Waals surface area contributed by atoms with Crippen molar-refractivity contribution in [3.63, 3.8) is 0 Å². The van der Waals surface area contributed by atoms with Gasteiger partial charge in [0.2, 0.25) is 0 Å². The summed E-state index contributed by atoms with van der Waals surface area (Å²) in [4.78, 5) is 0. The van der Waals surface area contributed by atoms with Gasteiger partial charge in [0.05, 0.1) is 24.2 Å². The van der Waals surface area contributed by atoms with Crippen LogP contribution in [0.2, 0.25) is 0 Å². The molecule has 0 rings (SSSR count). The fourth-order valence-electron chi connectivity index (χ4n) is 3.80. The lowest BCUT2D eigenvalue weighted by molar-refractivity contribution is -0.461. The molecule has 0 saturated carbocycles. The van der Waals surface area contributed by atoms with E-state index < -0.39 is 153 Å². The lowest BCUT2D eigenvalue weighted by Crippen LogP contribution is -2.74. The number of rotatable bonds is 23. The van der Waals surface area contributed by atoms with Crippen molar-refractivity contribution in [2.24, 2.45) is 0 Å². The molecule has 1 unspecified atom stereocenters. The van der Waals surface area contributed by atoms with Gasteiger partial charge in [0.1, 0.15) is 0 Å². The van der Waals surface area contributed by atoms with Crippen LogP contribution in [0.15, 0.2) is 0 Å². The Hall–Kier alpha value is -2.56. The highest BCUT2D eigenvalue weighted by Crippen LogP contribution is 2.66. The predicted octanol–water partition coefficient (Wildman–Crippen LogP) is 10.9. The minimum absolute atomic E-state index is 0.0111. The summed E-state index contributed by atoms with van der Waals surface area (Å²) in [5, 5.41) is 0. The molecule has 0 fully saturated rings. The van der Waals surface area contributed by atoms with Crippen LogP contribution in [-0.2, 0) is 28.6 Å². The van der Waals surface area contributed by atoms with Crippen LogP contribution in [0.4, 0.5) is 149 Å². The largest absolute Gasteiger partial charge is 0.460 e. The quantitative estimate of drug-likeness (QED) is 0.0749. The normalized spacial score (nSPS) is 17.2. The molecule has 0 bridgehead atoms. The van der Waals surface area contributed by atoms with Gasteiger partial charge in [-0.2, -0.15) is 166 Å². The molecule has 0 aliphatic heterocycles. The van der Waals surface area contributed by atoms with E-state index >= 15 is 0 Å². The molecule has 0 saturated heterocycles. The molecular weight excluding hydrogens is 1080 g/mol. The number of hydrogen-bond acceptors (Lipinski definition) is 6. The Morgan fingerprint density at radius 3 is 0.754 bits per heavy atom. The van der Waals surface area contributed by atoms with E-state index in [0.717, 1.165) is 0 Å². The summed E-state index contributed by atoms with van der Waals surface area (Å²) in [6, 6.07) is 0. The van der Waals surface area contributed by atoms with E-state index in [-0.39, 0.29) is 6.92 Å². The van der Waals surface area contributed by atoms with Crippen molar-refractivity contribution in [3.05, 3.63) is 0 Å². The van der Waals surface area contributed by atoms with E-state index in [1.807, 2.05) is 0 Å². The minimum Gasteiger partial charge on any atom is -0.267 e. The molecule has 6 nitrogen and oxygen atoms in total. The van der Waals surface area contributed by atoms with E-state index in [9.17, 15) is 166 Å². The Kier molecular flexibility index (Phi) is 16.2. The van der Waals surface area contributed by atoms with Crippen LogP contribution in [0.25, 0.3) is 0 Å². The topological polar surface area (TPSA) is 86.7 Å². The molecule has 0 aromatic carbocycles. The molecule has 0 N–H and O–H groups in total. The monoisotopic (exact) mass is 1100 g/mol. The van der Waals surface area contributed by atoms with Gasteiger partial charge < -0.3 is 0 Å². The number of halogens is 34. The van der Waals surface area contributed by atoms with E-state index in [4.69, 9.17) is 0 Å². The van der Waals surface area contributed by atoms with Crippen LogP contribution in [0.5, 0.6) is 0 Å². The second-order valence-electron chi connectivity index (χ2n) is 12.5. The van der Waals surface area contributed by atoms with Crippen molar-refractivity contribution in [3.8, 4) is 0 Å². The van der Waals surface area contributed by atoms with Crippen molar-refractivity contribution in [1.29, 1.82) is 0 Å². The lowest BCUT2D eigenvalue weighted by atomic mass is 9.88. The Morgan fingerprint density at radius 1 is 0.323 bits per heavy atom. The first kappa shape index (κ1) is 62.4. The van der Waals surface area contributed by atoms with Gasteiger partial charge in [-0.1, -0.05) is 0 Å². The van der Waals surface area contributed by atoms with E-state index in [1.165, 1.54) is 0 Å². The molecule has 0 aliphatic carbocycles. The van der Waals surface area contributed by atoms with E-state index in [2.05, 4.69) is 8.37 Å². The van der Waals surface area contributed by atoms with Crippen molar-refractivity contribution in [2.75, 3.05) is 18.1 Å². The molecule has 0 amide bonds. The molecule has 1 atom stereocenters. The van der Waals surface area contributed by atoms with Crippen LogP contribution in [0.1, 0.15) is 19.8 Å². The molecule has 0 radical (unpaired) electrons. The Bertz CT molecular complexity index is 1900. The Balaban J connectivity index is 6.21. The highest BCUT2D eigenvalue weighted by molar-refractivity contribution is 7.87. The first-order valence-electron chi connectivity index (χ1n) is 14.7. The summed E-state index contributed by atoms with van der Waals surface area (Å²) in [5.41, 5.74) is 0. The molecular formula is C23H14F34O6S2. The number of hydrogen-bond donors (Lipinski definition) is 0. The van der Waals surface area contributed by atoms with Gasteiger partial charge >= 0.3 is 95.3 Å². The molecule has 0 heterocycles. The van der Waals surface area contributed by atoms with Gasteiger partial charge in [-0.3, -0.25) is 8.37 Å². The average Bonchev–Trinajstić information content (AvgIpc) is 3.07. The molecule has 0 spiro atoms. The minimum atomic E-state index is -9.09. The van der Waals surface area contributed by atoms with Crippen LogP contribution >= 0.6 is 0 Å². The van der Waals surface area contributed by atoms with Gasteiger partial charge in [0, 0.05) is 12.8 Å². The molecule has 392 valence electrons. The molecule has 0 aromatic heterocycles. The third kappa shape index (κ3) is 9.85. The van der Waals surface area contributed by atoms with E-state index in [1.54, 1.807) is 0 Å². The zero-order chi connectivity index (χ0) is 53.5. The van der Waals surface area contributed by atoms with Crippen LogP contribution < -0.4 is 0 Å². The predicted molar refractivity (Wildman–Crippen MR) is 135 cm³/mol. The highest BCUT2D eigenvalue weighted by Gasteiger charge is 2.97. The number of alkyl halides is 34. The van der Waals surface area contributed by atoms with Gasteiger partial charge in [0.15, 0.2) is 0 Å². The maximum Gasteiger partial charge on any atom is 0.460 e. The Labute approximate surface area is 334 Å². The van der Waals surface area contributed by atoms with Crippen LogP contribution in [0.3, 0.4) is 0 Å². The van der Waals surface area contributed by atoms with Gasteiger partial charge in [0.25, 0.3) is 20.2 Å². The Morgan fingerprint density at radius 2 is 0.523 bits per heavy atom. The zero-order valence-corrected chi connectivity index (χ0v) is 30.9. The summed E-state index contributed by atoms with van der Waals surface area (Å²) < 4.78 is 508. The SMILES string of the molecule is CC(COS(=O)(=O)CCC(F)(F)C(F)(F)C(F)(F)C(F)(F)C(F)(F)C(F)(F)C(F)(F)C(F)(F)F)OS(=O)(=O)CCC(F)(F)C(F)(F)C(F)(F)C(F)(F)C(F)(F)C(F)(F)C(F)(F)C(F)(F)F. The third-order valence-electron chi connectivity index (χ3n) is 7.70. The van der Waals surface area contributed by atoms with Crippen molar-refractivity contribution in [1.82, 2.24) is 0 Å². The summed E-state index contributed by atoms with van der Waals surface area (Å²) in [5.74, 6) is -127. The van der Waals surface area contributed by atoms with Crippen LogP contribution in [-0.4, -0.2) is 136 Å². The van der Waals surface area contributed by atoms with Crippen molar-refractivity contribution < 1.29 is 174 Å². The maximum absolute atomic E-state index is 14.0. The van der Waals surface area contributed by atoms with Crippen molar-refractivity contribution >= 4 is 20.2 Å². The van der Waals surface area contributed by atoms with Gasteiger partial charge in [-0.05, 0) is 6.92 Å². The van der Waals surface area contributed by atoms with E-state index in [0.29, 0.717) is 0 Å². The summed E-state index contributed by atoms with van der Waals surface area (Å²) in [7, 11) is -12.7. The van der Waals surface area contributed by atoms with Crippen LogP contribution in [0, 0.1) is 0 Å². The first-order valence-corrected chi connectivity index (χ1v) is 17.9. The second kappa shape index (κ2) is 16.8. The molecule has 65 heavy (non-hydrogen) atoms. The highest BCUT2D eigenvalue weighted by atomic mass is 32.2. The fourth-order valence-corrected chi connectivity index (χ4v) is 5.98.